The summed E-state index contributed by atoms with van der Waals surface area (Å²) in [6.07, 6.45) is 1.68. The monoisotopic (exact) mass is 367 g/mol. The van der Waals surface area contributed by atoms with E-state index in [0.717, 1.165) is 16.5 Å². The van der Waals surface area contributed by atoms with E-state index in [1.807, 2.05) is 30.3 Å². The SMILES string of the molecule is N#CC1C(=N)Oc2c(ccc3cccnc23)C1c1ccc(Cl)c(Cl)c1. The number of nitrogens with zero attached hydrogens (tertiary/aromatic N) is 2. The number of nitrogens with one attached hydrogen (secondary N) is 1. The highest BCUT2D eigenvalue weighted by Gasteiger charge is 2.38. The van der Waals surface area contributed by atoms with Crippen molar-refractivity contribution in [1.29, 1.82) is 10.7 Å². The van der Waals surface area contributed by atoms with Crippen molar-refractivity contribution in [3.63, 3.8) is 0 Å². The molecule has 4 rings (SSSR count). The van der Waals surface area contributed by atoms with E-state index in [0.29, 0.717) is 21.3 Å². The van der Waals surface area contributed by atoms with Gasteiger partial charge in [0.1, 0.15) is 11.4 Å². The van der Waals surface area contributed by atoms with Gasteiger partial charge in [-0.15, -0.1) is 0 Å². The van der Waals surface area contributed by atoms with E-state index in [1.165, 1.54) is 0 Å². The van der Waals surface area contributed by atoms with Gasteiger partial charge in [0.2, 0.25) is 5.90 Å². The molecule has 1 aliphatic heterocycles. The van der Waals surface area contributed by atoms with Crippen molar-refractivity contribution >= 4 is 40.0 Å². The quantitative estimate of drug-likeness (QED) is 0.643. The van der Waals surface area contributed by atoms with Gasteiger partial charge in [0, 0.05) is 23.1 Å². The van der Waals surface area contributed by atoms with Crippen LogP contribution in [0.15, 0.2) is 48.7 Å². The Hall–Kier alpha value is -2.61. The Bertz CT molecular complexity index is 1060. The molecule has 25 heavy (non-hydrogen) atoms. The van der Waals surface area contributed by atoms with Crippen LogP contribution in [0.25, 0.3) is 10.9 Å². The fourth-order valence-corrected chi connectivity index (χ4v) is 3.51. The van der Waals surface area contributed by atoms with Crippen LogP contribution in [0.3, 0.4) is 0 Å². The summed E-state index contributed by atoms with van der Waals surface area (Å²) >= 11 is 12.2. The van der Waals surface area contributed by atoms with Crippen LogP contribution >= 0.6 is 23.2 Å². The lowest BCUT2D eigenvalue weighted by Gasteiger charge is -2.31. The first kappa shape index (κ1) is 15.9. The number of nitriles is 1. The van der Waals surface area contributed by atoms with Gasteiger partial charge < -0.3 is 4.74 Å². The number of rotatable bonds is 1. The average Bonchev–Trinajstić information content (AvgIpc) is 2.63. The van der Waals surface area contributed by atoms with Gasteiger partial charge in [-0.25, -0.2) is 0 Å². The van der Waals surface area contributed by atoms with Crippen LogP contribution in [-0.4, -0.2) is 10.9 Å². The minimum absolute atomic E-state index is 0.0933. The fourth-order valence-electron chi connectivity index (χ4n) is 3.20. The molecule has 122 valence electrons. The van der Waals surface area contributed by atoms with Crippen molar-refractivity contribution in [3.05, 3.63) is 69.8 Å². The smallest absolute Gasteiger partial charge is 0.205 e. The molecule has 6 heteroatoms. The zero-order valence-electron chi connectivity index (χ0n) is 12.8. The molecule has 0 fully saturated rings. The van der Waals surface area contributed by atoms with Crippen LogP contribution in [0.5, 0.6) is 5.75 Å². The van der Waals surface area contributed by atoms with Crippen molar-refractivity contribution in [2.24, 2.45) is 5.92 Å². The molecule has 0 saturated heterocycles. The second kappa shape index (κ2) is 6.03. The summed E-state index contributed by atoms with van der Waals surface area (Å²) < 4.78 is 5.69. The predicted octanol–water partition coefficient (Wildman–Crippen LogP) is 5.18. The lowest BCUT2D eigenvalue weighted by molar-refractivity contribution is 0.454. The molecular formula is C19H11Cl2N3O. The van der Waals surface area contributed by atoms with E-state index in [4.69, 9.17) is 33.3 Å². The molecule has 1 aliphatic rings. The number of pyridine rings is 1. The molecule has 1 aromatic heterocycles. The Kier molecular flexibility index (Phi) is 3.84. The minimum Gasteiger partial charge on any atom is -0.440 e. The second-order valence-corrected chi connectivity index (χ2v) is 6.60. The van der Waals surface area contributed by atoms with Crippen LogP contribution in [0.2, 0.25) is 10.0 Å². The van der Waals surface area contributed by atoms with E-state index in [-0.39, 0.29) is 11.8 Å². The third kappa shape index (κ3) is 2.53. The van der Waals surface area contributed by atoms with Gasteiger partial charge in [0.05, 0.1) is 16.1 Å². The number of aromatic nitrogens is 1. The van der Waals surface area contributed by atoms with Gasteiger partial charge in [0.15, 0.2) is 5.75 Å². The maximum absolute atomic E-state index is 9.61. The van der Waals surface area contributed by atoms with Crippen LogP contribution in [0, 0.1) is 22.7 Å². The molecule has 0 amide bonds. The number of benzene rings is 2. The Morgan fingerprint density at radius 1 is 1.12 bits per heavy atom. The van der Waals surface area contributed by atoms with E-state index in [2.05, 4.69) is 11.1 Å². The van der Waals surface area contributed by atoms with Crippen molar-refractivity contribution < 1.29 is 4.74 Å². The Morgan fingerprint density at radius 2 is 1.96 bits per heavy atom. The molecule has 2 aromatic carbocycles. The van der Waals surface area contributed by atoms with Crippen molar-refractivity contribution in [2.45, 2.75) is 5.92 Å². The minimum atomic E-state index is -0.745. The Morgan fingerprint density at radius 3 is 2.72 bits per heavy atom. The van der Waals surface area contributed by atoms with Gasteiger partial charge in [-0.05, 0) is 23.8 Å². The van der Waals surface area contributed by atoms with Crippen molar-refractivity contribution in [1.82, 2.24) is 4.98 Å². The molecule has 4 nitrogen and oxygen atoms in total. The summed E-state index contributed by atoms with van der Waals surface area (Å²) in [5.74, 6) is -0.691. The van der Waals surface area contributed by atoms with Crippen molar-refractivity contribution in [2.75, 3.05) is 0 Å². The number of ether oxygens (including phenoxy) is 1. The molecule has 3 aromatic rings. The van der Waals surface area contributed by atoms with E-state index >= 15 is 0 Å². The van der Waals surface area contributed by atoms with Gasteiger partial charge in [0.25, 0.3) is 0 Å². The summed E-state index contributed by atoms with van der Waals surface area (Å²) in [6, 6.07) is 15.1. The molecule has 0 saturated carbocycles. The summed E-state index contributed by atoms with van der Waals surface area (Å²) in [6.45, 7) is 0. The lowest BCUT2D eigenvalue weighted by Crippen LogP contribution is -2.31. The van der Waals surface area contributed by atoms with E-state index in [9.17, 15) is 5.26 Å². The summed E-state index contributed by atoms with van der Waals surface area (Å²) in [7, 11) is 0. The molecule has 0 aliphatic carbocycles. The average molecular weight is 368 g/mol. The fraction of sp³-hybridized carbons (Fsp3) is 0.105. The standard InChI is InChI=1S/C19H11Cl2N3O/c20-14-6-4-11(8-15(14)21)16-12-5-3-10-2-1-7-24-17(10)18(12)25-19(23)13(16)9-22/h1-8,13,16,23H. The summed E-state index contributed by atoms with van der Waals surface area (Å²) in [4.78, 5) is 4.39. The number of halogens is 2. The zero-order valence-corrected chi connectivity index (χ0v) is 14.3. The topological polar surface area (TPSA) is 69.8 Å². The third-order valence-electron chi connectivity index (χ3n) is 4.36. The molecule has 2 unspecified atom stereocenters. The second-order valence-electron chi connectivity index (χ2n) is 5.78. The number of fused-ring (bicyclic) bond motifs is 3. The summed E-state index contributed by atoms with van der Waals surface area (Å²) in [5.41, 5.74) is 2.30. The molecule has 0 radical (unpaired) electrons. The summed E-state index contributed by atoms with van der Waals surface area (Å²) in [5, 5.41) is 19.6. The highest BCUT2D eigenvalue weighted by molar-refractivity contribution is 6.42. The van der Waals surface area contributed by atoms with Gasteiger partial charge in [-0.1, -0.05) is 47.5 Å². The predicted molar refractivity (Wildman–Crippen MR) is 97.5 cm³/mol. The van der Waals surface area contributed by atoms with E-state index in [1.54, 1.807) is 18.3 Å². The molecular weight excluding hydrogens is 357 g/mol. The maximum atomic E-state index is 9.61. The third-order valence-corrected chi connectivity index (χ3v) is 5.10. The first-order valence-corrected chi connectivity index (χ1v) is 8.34. The van der Waals surface area contributed by atoms with Gasteiger partial charge in [-0.3, -0.25) is 10.4 Å². The van der Waals surface area contributed by atoms with Gasteiger partial charge >= 0.3 is 0 Å². The lowest BCUT2D eigenvalue weighted by atomic mass is 9.79. The molecule has 2 atom stereocenters. The highest BCUT2D eigenvalue weighted by Crippen LogP contribution is 2.45. The largest absolute Gasteiger partial charge is 0.440 e. The molecule has 0 bridgehead atoms. The molecule has 0 spiro atoms. The normalized spacial score (nSPS) is 19.2. The molecule has 1 N–H and O–H groups in total. The van der Waals surface area contributed by atoms with E-state index < -0.39 is 5.92 Å². The number of hydrogen-bond donors (Lipinski definition) is 1. The zero-order chi connectivity index (χ0) is 17.6. The van der Waals surface area contributed by atoms with Crippen LogP contribution in [-0.2, 0) is 0 Å². The van der Waals surface area contributed by atoms with Crippen LogP contribution in [0.1, 0.15) is 17.0 Å². The Labute approximate surface area is 154 Å². The highest BCUT2D eigenvalue weighted by atomic mass is 35.5. The van der Waals surface area contributed by atoms with Crippen molar-refractivity contribution in [3.8, 4) is 11.8 Å². The molecule has 2 heterocycles. The number of hydrogen-bond acceptors (Lipinski definition) is 4. The van der Waals surface area contributed by atoms with Crippen LogP contribution < -0.4 is 4.74 Å². The Balaban J connectivity index is 1.99. The first-order chi connectivity index (χ1) is 12.1. The van der Waals surface area contributed by atoms with Crippen LogP contribution in [0.4, 0.5) is 0 Å². The first-order valence-electron chi connectivity index (χ1n) is 7.58. The maximum Gasteiger partial charge on any atom is 0.205 e. The van der Waals surface area contributed by atoms with Gasteiger partial charge in [-0.2, -0.15) is 5.26 Å².